The number of ketones is 1. The Morgan fingerprint density at radius 2 is 1.38 bits per heavy atom. The number of rotatable bonds is 5. The first-order valence-electron chi connectivity index (χ1n) is 14.3. The molecule has 4 rings (SSSR count). The molecule has 0 N–H and O–H groups in total. The summed E-state index contributed by atoms with van der Waals surface area (Å²) in [6.07, 6.45) is 4.49. The standard InChI is InChI=1S/C18H33N.C16H10ClNO3/c1-13-11-15(17(2,3)4)14(9-8-10-19)16(12-13)18(5,6)7;17-11-7-5-10(6-8-11)14(19)9-18-15(20)12-3-1-2-4-13(12)16(18)21/h13-16H,8-9,11-12H2,1-7H3;1-8H,9H2. The van der Waals surface area contributed by atoms with Crippen LogP contribution in [-0.2, 0) is 0 Å². The van der Waals surface area contributed by atoms with E-state index >= 15 is 0 Å². The Labute approximate surface area is 244 Å². The molecule has 1 fully saturated rings. The Kier molecular flexibility index (Phi) is 10.0. The Balaban J connectivity index is 0.000000222. The third kappa shape index (κ3) is 7.40. The van der Waals surface area contributed by atoms with Crippen LogP contribution in [0, 0.1) is 45.8 Å². The van der Waals surface area contributed by atoms with Gasteiger partial charge in [-0.1, -0.05) is 72.2 Å². The lowest BCUT2D eigenvalue weighted by atomic mass is 9.54. The van der Waals surface area contributed by atoms with Gasteiger partial charge in [0.15, 0.2) is 5.78 Å². The summed E-state index contributed by atoms with van der Waals surface area (Å²) in [6.45, 7) is 16.4. The lowest BCUT2D eigenvalue weighted by Gasteiger charge is -2.51. The summed E-state index contributed by atoms with van der Waals surface area (Å²) in [6, 6.07) is 15.3. The summed E-state index contributed by atoms with van der Waals surface area (Å²) < 4.78 is 0. The second kappa shape index (κ2) is 12.7. The van der Waals surface area contributed by atoms with Gasteiger partial charge >= 0.3 is 0 Å². The molecule has 1 saturated carbocycles. The maximum Gasteiger partial charge on any atom is 0.261 e. The van der Waals surface area contributed by atoms with Crippen molar-refractivity contribution in [2.24, 2.45) is 34.5 Å². The van der Waals surface area contributed by atoms with Gasteiger partial charge in [0.05, 0.1) is 23.7 Å². The monoisotopic (exact) mass is 562 g/mol. The Bertz CT molecular complexity index is 1200. The molecule has 2 aliphatic rings. The van der Waals surface area contributed by atoms with Crippen LogP contribution in [0.5, 0.6) is 0 Å². The van der Waals surface area contributed by atoms with Crippen LogP contribution in [0.4, 0.5) is 0 Å². The molecule has 0 aromatic heterocycles. The number of fused-ring (bicyclic) bond motifs is 1. The highest BCUT2D eigenvalue weighted by Gasteiger charge is 2.45. The third-order valence-corrected chi connectivity index (χ3v) is 8.76. The van der Waals surface area contributed by atoms with Crippen molar-refractivity contribution in [3.8, 4) is 6.07 Å². The summed E-state index contributed by atoms with van der Waals surface area (Å²) in [5.41, 5.74) is 1.81. The predicted molar refractivity (Wildman–Crippen MR) is 160 cm³/mol. The van der Waals surface area contributed by atoms with Crippen molar-refractivity contribution in [2.75, 3.05) is 6.54 Å². The summed E-state index contributed by atoms with van der Waals surface area (Å²) >= 11 is 5.76. The molecule has 1 aliphatic heterocycles. The first-order valence-corrected chi connectivity index (χ1v) is 14.6. The number of nitrogens with zero attached hydrogens (tertiary/aromatic N) is 2. The lowest BCUT2D eigenvalue weighted by molar-refractivity contribution is -0.0176. The van der Waals surface area contributed by atoms with Gasteiger partial charge in [0.1, 0.15) is 0 Å². The van der Waals surface area contributed by atoms with E-state index in [0.717, 1.165) is 41.4 Å². The second-order valence-electron chi connectivity index (χ2n) is 13.6. The Morgan fingerprint density at radius 1 is 0.900 bits per heavy atom. The smallest absolute Gasteiger partial charge is 0.261 e. The first kappa shape index (κ1) is 31.6. The minimum absolute atomic E-state index is 0.270. The summed E-state index contributed by atoms with van der Waals surface area (Å²) in [7, 11) is 0. The highest BCUT2D eigenvalue weighted by Crippen LogP contribution is 2.53. The lowest BCUT2D eigenvalue weighted by Crippen LogP contribution is -2.43. The SMILES string of the molecule is CC1CC(C(C)(C)C)C(CCC#N)C(C(C)(C)C)C1.O=C(CN1C(=O)c2ccccc2C1=O)c1ccc(Cl)cc1. The molecule has 0 radical (unpaired) electrons. The normalized spacial score (nSPS) is 22.7. The largest absolute Gasteiger partial charge is 0.292 e. The molecule has 214 valence electrons. The topological polar surface area (TPSA) is 78.2 Å². The van der Waals surface area contributed by atoms with Crippen LogP contribution in [0.2, 0.25) is 5.02 Å². The number of nitriles is 1. The maximum atomic E-state index is 12.2. The van der Waals surface area contributed by atoms with E-state index in [-0.39, 0.29) is 12.3 Å². The molecule has 0 saturated heterocycles. The third-order valence-electron chi connectivity index (χ3n) is 8.51. The summed E-state index contributed by atoms with van der Waals surface area (Å²) in [4.78, 5) is 37.5. The number of hydrogen-bond acceptors (Lipinski definition) is 4. The van der Waals surface area contributed by atoms with Gasteiger partial charge in [-0.25, -0.2) is 0 Å². The van der Waals surface area contributed by atoms with Crippen molar-refractivity contribution in [1.82, 2.24) is 4.90 Å². The zero-order valence-electron chi connectivity index (χ0n) is 25.0. The van der Waals surface area contributed by atoms with Crippen molar-refractivity contribution >= 4 is 29.2 Å². The molecule has 2 aromatic carbocycles. The van der Waals surface area contributed by atoms with Crippen LogP contribution in [-0.4, -0.2) is 29.0 Å². The maximum absolute atomic E-state index is 12.2. The number of carbonyl (C=O) groups is 3. The summed E-state index contributed by atoms with van der Waals surface area (Å²) in [5, 5.41) is 9.50. The van der Waals surface area contributed by atoms with Crippen molar-refractivity contribution in [2.45, 2.75) is 74.1 Å². The molecular formula is C34H43ClN2O3. The molecule has 2 aromatic rings. The van der Waals surface area contributed by atoms with Crippen molar-refractivity contribution in [3.63, 3.8) is 0 Å². The minimum Gasteiger partial charge on any atom is -0.292 e. The predicted octanol–water partition coefficient (Wildman–Crippen LogP) is 8.48. The van der Waals surface area contributed by atoms with E-state index in [2.05, 4.69) is 54.5 Å². The Hall–Kier alpha value is -2.97. The molecule has 1 heterocycles. The highest BCUT2D eigenvalue weighted by molar-refractivity contribution is 6.30. The molecular weight excluding hydrogens is 520 g/mol. The first-order chi connectivity index (χ1) is 18.6. The van der Waals surface area contributed by atoms with Gasteiger partial charge in [-0.15, -0.1) is 0 Å². The van der Waals surface area contributed by atoms with E-state index in [1.54, 1.807) is 48.5 Å². The van der Waals surface area contributed by atoms with Gasteiger partial charge in [-0.3, -0.25) is 19.3 Å². The summed E-state index contributed by atoms with van der Waals surface area (Å²) in [5.74, 6) is 1.89. The molecule has 0 bridgehead atoms. The second-order valence-corrected chi connectivity index (χ2v) is 14.0. The fraction of sp³-hybridized carbons (Fsp3) is 0.529. The van der Waals surface area contributed by atoms with Crippen molar-refractivity contribution < 1.29 is 14.4 Å². The zero-order valence-corrected chi connectivity index (χ0v) is 25.7. The molecule has 6 heteroatoms. The van der Waals surface area contributed by atoms with Gasteiger partial charge in [0, 0.05) is 17.0 Å². The quantitative estimate of drug-likeness (QED) is 0.270. The number of imide groups is 1. The van der Waals surface area contributed by atoms with Gasteiger partial charge in [-0.05, 0) is 90.2 Å². The van der Waals surface area contributed by atoms with E-state index in [1.807, 2.05) is 0 Å². The van der Waals surface area contributed by atoms with E-state index < -0.39 is 11.8 Å². The zero-order chi connectivity index (χ0) is 29.8. The average molecular weight is 563 g/mol. The van der Waals surface area contributed by atoms with Crippen LogP contribution in [0.15, 0.2) is 48.5 Å². The fourth-order valence-corrected chi connectivity index (χ4v) is 6.60. The van der Waals surface area contributed by atoms with Crippen LogP contribution in [0.3, 0.4) is 0 Å². The van der Waals surface area contributed by atoms with Gasteiger partial charge in [0.2, 0.25) is 0 Å². The molecule has 2 atom stereocenters. The van der Waals surface area contributed by atoms with E-state index in [0.29, 0.717) is 32.5 Å². The number of benzene rings is 2. The van der Waals surface area contributed by atoms with Crippen molar-refractivity contribution in [1.29, 1.82) is 5.26 Å². The number of amides is 2. The molecule has 0 spiro atoms. The van der Waals surface area contributed by atoms with E-state index in [4.69, 9.17) is 16.9 Å². The molecule has 5 nitrogen and oxygen atoms in total. The van der Waals surface area contributed by atoms with Gasteiger partial charge in [0.25, 0.3) is 11.8 Å². The van der Waals surface area contributed by atoms with Crippen LogP contribution in [0.25, 0.3) is 0 Å². The van der Waals surface area contributed by atoms with Crippen LogP contribution in [0.1, 0.15) is 105 Å². The molecule has 40 heavy (non-hydrogen) atoms. The number of carbonyl (C=O) groups excluding carboxylic acids is 3. The molecule has 2 amide bonds. The number of Topliss-reactive ketones (excluding diaryl/α,β-unsaturated/α-hetero) is 1. The molecule has 2 unspecified atom stereocenters. The number of hydrogen-bond donors (Lipinski definition) is 0. The van der Waals surface area contributed by atoms with E-state index in [9.17, 15) is 14.4 Å². The highest BCUT2D eigenvalue weighted by atomic mass is 35.5. The molecule has 1 aliphatic carbocycles. The number of halogens is 1. The average Bonchev–Trinajstić information content (AvgIpc) is 3.12. The van der Waals surface area contributed by atoms with Crippen molar-refractivity contribution in [3.05, 3.63) is 70.2 Å². The van der Waals surface area contributed by atoms with E-state index in [1.165, 1.54) is 12.8 Å². The van der Waals surface area contributed by atoms with Crippen LogP contribution >= 0.6 is 11.6 Å². The van der Waals surface area contributed by atoms with Gasteiger partial charge < -0.3 is 0 Å². The van der Waals surface area contributed by atoms with Gasteiger partial charge in [-0.2, -0.15) is 5.26 Å². The minimum atomic E-state index is -0.432. The fourth-order valence-electron chi connectivity index (χ4n) is 6.47. The Morgan fingerprint density at radius 3 is 1.80 bits per heavy atom. The van der Waals surface area contributed by atoms with Crippen LogP contribution < -0.4 is 0 Å².